The molecule has 9 heteroatoms. The summed E-state index contributed by atoms with van der Waals surface area (Å²) < 4.78 is 26.0. The molecule has 0 spiro atoms. The van der Waals surface area contributed by atoms with Crippen LogP contribution in [0.2, 0.25) is 10.0 Å². The summed E-state index contributed by atoms with van der Waals surface area (Å²) in [6.45, 7) is -0.155. The molecule has 0 aliphatic heterocycles. The molecule has 0 saturated heterocycles. The van der Waals surface area contributed by atoms with Crippen LogP contribution in [-0.2, 0) is 10.0 Å². The number of aromatic carboxylic acids is 1. The third-order valence-electron chi connectivity index (χ3n) is 2.19. The van der Waals surface area contributed by atoms with Gasteiger partial charge in [0.25, 0.3) is 0 Å². The lowest BCUT2D eigenvalue weighted by atomic mass is 10.2. The smallest absolute Gasteiger partial charge is 0.338 e. The highest BCUT2D eigenvalue weighted by Crippen LogP contribution is 2.30. The minimum atomic E-state index is -3.95. The highest BCUT2D eigenvalue weighted by atomic mass is 35.5. The second-order valence-corrected chi connectivity index (χ2v) is 6.04. The van der Waals surface area contributed by atoms with E-state index in [0.717, 1.165) is 12.1 Å². The Hall–Kier alpha value is -0.860. The number of hydrogen-bond donors (Lipinski definition) is 3. The van der Waals surface area contributed by atoms with Gasteiger partial charge in [-0.15, -0.1) is 0 Å². The fourth-order valence-electron chi connectivity index (χ4n) is 1.30. The maximum atomic E-state index is 11.9. The van der Waals surface area contributed by atoms with Crippen molar-refractivity contribution in [3.63, 3.8) is 0 Å². The fraction of sp³-hybridized carbons (Fsp3) is 0.300. The predicted octanol–water partition coefficient (Wildman–Crippen LogP) is 1.35. The van der Waals surface area contributed by atoms with Crippen molar-refractivity contribution in [2.75, 3.05) is 13.2 Å². The third-order valence-corrected chi connectivity index (χ3v) is 4.51. The zero-order chi connectivity index (χ0) is 14.6. The molecule has 0 aliphatic rings. The van der Waals surface area contributed by atoms with Gasteiger partial charge in [0, 0.05) is 13.2 Å². The van der Waals surface area contributed by atoms with Crippen molar-refractivity contribution in [1.82, 2.24) is 4.72 Å². The summed E-state index contributed by atoms with van der Waals surface area (Å²) in [5.41, 5.74) is -0.464. The Labute approximate surface area is 120 Å². The number of carboxylic acids is 1. The van der Waals surface area contributed by atoms with Gasteiger partial charge in [0.15, 0.2) is 0 Å². The van der Waals surface area contributed by atoms with Crippen LogP contribution in [0.1, 0.15) is 16.8 Å². The Bertz CT molecular complexity index is 588. The molecular weight excluding hydrogens is 317 g/mol. The summed E-state index contributed by atoms with van der Waals surface area (Å²) in [5.74, 6) is -1.41. The molecule has 0 atom stereocenters. The number of halogens is 2. The first-order valence-corrected chi connectivity index (χ1v) is 7.37. The molecule has 0 saturated carbocycles. The number of hydrogen-bond acceptors (Lipinski definition) is 4. The number of benzene rings is 1. The highest BCUT2D eigenvalue weighted by Gasteiger charge is 2.24. The zero-order valence-electron chi connectivity index (χ0n) is 9.56. The number of aliphatic hydroxyl groups excluding tert-OH is 1. The Morgan fingerprint density at radius 3 is 2.47 bits per heavy atom. The molecule has 1 aromatic rings. The Kier molecular flexibility index (Phi) is 5.57. The van der Waals surface area contributed by atoms with E-state index in [9.17, 15) is 13.2 Å². The fourth-order valence-corrected chi connectivity index (χ4v) is 3.29. The molecule has 0 fully saturated rings. The highest BCUT2D eigenvalue weighted by molar-refractivity contribution is 7.89. The normalized spacial score (nSPS) is 11.5. The lowest BCUT2D eigenvalue weighted by molar-refractivity contribution is 0.0697. The van der Waals surface area contributed by atoms with Crippen LogP contribution in [0.4, 0.5) is 0 Å². The van der Waals surface area contributed by atoms with Crippen LogP contribution in [0.3, 0.4) is 0 Å². The van der Waals surface area contributed by atoms with Crippen LogP contribution in [0.5, 0.6) is 0 Å². The molecule has 19 heavy (non-hydrogen) atoms. The predicted molar refractivity (Wildman–Crippen MR) is 70.3 cm³/mol. The molecule has 0 heterocycles. The van der Waals surface area contributed by atoms with Crippen molar-refractivity contribution >= 4 is 39.2 Å². The van der Waals surface area contributed by atoms with Gasteiger partial charge in [-0.3, -0.25) is 0 Å². The van der Waals surface area contributed by atoms with Gasteiger partial charge in [-0.25, -0.2) is 17.9 Å². The second-order valence-electron chi connectivity index (χ2n) is 3.51. The lowest BCUT2D eigenvalue weighted by Gasteiger charge is -2.10. The van der Waals surface area contributed by atoms with E-state index < -0.39 is 26.6 Å². The molecule has 3 N–H and O–H groups in total. The van der Waals surface area contributed by atoms with E-state index in [2.05, 4.69) is 4.72 Å². The summed E-state index contributed by atoms with van der Waals surface area (Å²) in [6, 6.07) is 2.27. The SMILES string of the molecule is O=C(O)c1c(Cl)ccc(S(=O)(=O)NCCCO)c1Cl. The number of carbonyl (C=O) groups is 1. The van der Waals surface area contributed by atoms with Crippen LogP contribution in [0, 0.1) is 0 Å². The van der Waals surface area contributed by atoms with E-state index in [1.807, 2.05) is 0 Å². The van der Waals surface area contributed by atoms with Crippen molar-refractivity contribution in [3.8, 4) is 0 Å². The third kappa shape index (κ3) is 3.80. The summed E-state index contributed by atoms with van der Waals surface area (Å²) >= 11 is 11.4. The lowest BCUT2D eigenvalue weighted by Crippen LogP contribution is -2.26. The van der Waals surface area contributed by atoms with Crippen molar-refractivity contribution in [1.29, 1.82) is 0 Å². The van der Waals surface area contributed by atoms with E-state index in [0.29, 0.717) is 0 Å². The van der Waals surface area contributed by atoms with Crippen LogP contribution in [-0.4, -0.2) is 37.8 Å². The Morgan fingerprint density at radius 2 is 1.95 bits per heavy atom. The number of carboxylic acid groups (broad SMARTS) is 1. The van der Waals surface area contributed by atoms with Crippen molar-refractivity contribution in [2.45, 2.75) is 11.3 Å². The van der Waals surface area contributed by atoms with Crippen LogP contribution in [0.15, 0.2) is 17.0 Å². The number of rotatable bonds is 6. The summed E-state index contributed by atoms with van der Waals surface area (Å²) in [4.78, 5) is 10.6. The van der Waals surface area contributed by atoms with Gasteiger partial charge in [0.1, 0.15) is 4.90 Å². The quantitative estimate of drug-likeness (QED) is 0.684. The largest absolute Gasteiger partial charge is 0.478 e. The van der Waals surface area contributed by atoms with Crippen LogP contribution in [0.25, 0.3) is 0 Å². The second kappa shape index (κ2) is 6.53. The van der Waals surface area contributed by atoms with Crippen molar-refractivity contribution in [2.24, 2.45) is 0 Å². The van der Waals surface area contributed by atoms with E-state index in [1.165, 1.54) is 0 Å². The molecule has 106 valence electrons. The minimum Gasteiger partial charge on any atom is -0.478 e. The summed E-state index contributed by atoms with van der Waals surface area (Å²) in [5, 5.41) is 16.9. The standard InChI is InChI=1S/C10H11Cl2NO5S/c11-6-2-3-7(9(12)8(6)10(15)16)19(17,18)13-4-1-5-14/h2-3,13-14H,1,4-5H2,(H,15,16). The maximum absolute atomic E-state index is 11.9. The monoisotopic (exact) mass is 327 g/mol. The van der Waals surface area contributed by atoms with Crippen LogP contribution >= 0.6 is 23.2 Å². The van der Waals surface area contributed by atoms with Crippen molar-refractivity contribution < 1.29 is 23.4 Å². The molecule has 0 bridgehead atoms. The van der Waals surface area contributed by atoms with Gasteiger partial charge >= 0.3 is 5.97 Å². The van der Waals surface area contributed by atoms with Gasteiger partial charge < -0.3 is 10.2 Å². The average molecular weight is 328 g/mol. The first kappa shape index (κ1) is 16.2. The minimum absolute atomic E-state index is 0.0141. The summed E-state index contributed by atoms with van der Waals surface area (Å²) in [7, 11) is -3.95. The molecule has 0 unspecified atom stereocenters. The van der Waals surface area contributed by atoms with E-state index >= 15 is 0 Å². The number of aliphatic hydroxyl groups is 1. The molecular formula is C10H11Cl2NO5S. The molecule has 1 aromatic carbocycles. The number of nitrogens with one attached hydrogen (secondary N) is 1. The van der Waals surface area contributed by atoms with Gasteiger partial charge in [0.05, 0.1) is 15.6 Å². The molecule has 0 amide bonds. The first-order chi connectivity index (χ1) is 8.81. The van der Waals surface area contributed by atoms with Gasteiger partial charge in [-0.05, 0) is 18.6 Å². The number of sulfonamides is 1. The Morgan fingerprint density at radius 1 is 1.32 bits per heavy atom. The van der Waals surface area contributed by atoms with Gasteiger partial charge in [-0.1, -0.05) is 23.2 Å². The maximum Gasteiger partial charge on any atom is 0.338 e. The molecule has 1 rings (SSSR count). The molecule has 0 radical (unpaired) electrons. The summed E-state index contributed by atoms with van der Waals surface area (Å²) in [6.07, 6.45) is 0.232. The first-order valence-electron chi connectivity index (χ1n) is 5.13. The molecule has 6 nitrogen and oxygen atoms in total. The average Bonchev–Trinajstić information content (AvgIpc) is 2.28. The van der Waals surface area contributed by atoms with Gasteiger partial charge in [-0.2, -0.15) is 0 Å². The van der Waals surface area contributed by atoms with Crippen LogP contribution < -0.4 is 4.72 Å². The van der Waals surface area contributed by atoms with E-state index in [-0.39, 0.29) is 29.5 Å². The Balaban J connectivity index is 3.21. The molecule has 0 aromatic heterocycles. The zero-order valence-corrected chi connectivity index (χ0v) is 11.9. The van der Waals surface area contributed by atoms with Gasteiger partial charge in [0.2, 0.25) is 10.0 Å². The van der Waals surface area contributed by atoms with E-state index in [4.69, 9.17) is 33.4 Å². The van der Waals surface area contributed by atoms with E-state index in [1.54, 1.807) is 0 Å². The topological polar surface area (TPSA) is 104 Å². The molecule has 0 aliphatic carbocycles. The van der Waals surface area contributed by atoms with Crippen molar-refractivity contribution in [3.05, 3.63) is 27.7 Å².